The highest BCUT2D eigenvalue weighted by Crippen LogP contribution is 2.46. The number of hydrogen-bond donors (Lipinski definition) is 1. The number of aromatic amines is 1. The van der Waals surface area contributed by atoms with Crippen molar-refractivity contribution in [1.82, 2.24) is 19.9 Å². The number of ether oxygens (including phenoxy) is 2. The predicted octanol–water partition coefficient (Wildman–Crippen LogP) is 10.1. The van der Waals surface area contributed by atoms with Crippen molar-refractivity contribution in [3.05, 3.63) is 152 Å². The molecule has 9 rings (SSSR count). The number of hydrogen-bond acceptors (Lipinski definition) is 5. The molecule has 6 nitrogen and oxygen atoms in total. The number of fused-ring (bicyclic) bond motifs is 5. The highest BCUT2D eigenvalue weighted by atomic mass is 16.6. The van der Waals surface area contributed by atoms with Crippen LogP contribution in [0.25, 0.3) is 56.0 Å². The average molecular weight is 583 g/mol. The summed E-state index contributed by atoms with van der Waals surface area (Å²) in [5.41, 5.74) is 5.11. The Bertz CT molecular complexity index is 2170. The zero-order valence-electron chi connectivity index (χ0n) is 24.1. The molecule has 6 aromatic carbocycles. The molecule has 0 unspecified atom stereocenters. The number of nitrogens with one attached hydrogen (secondary N) is 1. The van der Waals surface area contributed by atoms with Crippen molar-refractivity contribution < 1.29 is 9.47 Å². The van der Waals surface area contributed by atoms with E-state index in [1.165, 1.54) is 21.8 Å². The minimum Gasteiger partial charge on any atom is -0.450 e. The molecule has 1 aliphatic rings. The highest BCUT2D eigenvalue weighted by molar-refractivity contribution is 6.07. The zero-order chi connectivity index (χ0) is 30.0. The van der Waals surface area contributed by atoms with Crippen molar-refractivity contribution in [3.63, 3.8) is 0 Å². The molecular weight excluding hydrogens is 556 g/mol. The van der Waals surface area contributed by atoms with Gasteiger partial charge >= 0.3 is 0 Å². The molecule has 3 heterocycles. The molecule has 0 saturated carbocycles. The Morgan fingerprint density at radius 1 is 0.356 bits per heavy atom. The third-order valence-electron chi connectivity index (χ3n) is 7.60. The van der Waals surface area contributed by atoms with E-state index < -0.39 is 0 Å². The first kappa shape index (κ1) is 26.4. The van der Waals surface area contributed by atoms with Gasteiger partial charge in [0.05, 0.1) is 0 Å². The smallest absolute Gasteiger partial charge is 0.170 e. The molecular formula is C39H26N4O2. The summed E-state index contributed by atoms with van der Waals surface area (Å²) in [6.07, 6.45) is 0. The normalized spacial score (nSPS) is 11.5. The van der Waals surface area contributed by atoms with Crippen molar-refractivity contribution in [3.8, 4) is 57.2 Å². The van der Waals surface area contributed by atoms with E-state index in [0.717, 1.165) is 16.7 Å². The second kappa shape index (κ2) is 11.4. The van der Waals surface area contributed by atoms with E-state index in [9.17, 15) is 0 Å². The van der Waals surface area contributed by atoms with Gasteiger partial charge in [-0.1, -0.05) is 109 Å². The fourth-order valence-electron chi connectivity index (χ4n) is 5.40. The van der Waals surface area contributed by atoms with E-state index in [1.54, 1.807) is 0 Å². The highest BCUT2D eigenvalue weighted by Gasteiger charge is 2.20. The van der Waals surface area contributed by atoms with Gasteiger partial charge in [0.2, 0.25) is 0 Å². The fourth-order valence-corrected chi connectivity index (χ4v) is 5.40. The maximum atomic E-state index is 6.07. The van der Waals surface area contributed by atoms with Crippen LogP contribution >= 0.6 is 0 Å². The largest absolute Gasteiger partial charge is 0.450 e. The van der Waals surface area contributed by atoms with Gasteiger partial charge in [0.1, 0.15) is 0 Å². The van der Waals surface area contributed by atoms with Crippen molar-refractivity contribution in [2.45, 2.75) is 0 Å². The van der Waals surface area contributed by atoms with E-state index in [2.05, 4.69) is 53.5 Å². The molecule has 0 radical (unpaired) electrons. The Labute approximate surface area is 259 Å². The van der Waals surface area contributed by atoms with Crippen LogP contribution in [0.5, 0.6) is 23.0 Å². The van der Waals surface area contributed by atoms with Crippen molar-refractivity contribution in [1.29, 1.82) is 0 Å². The Kier molecular flexibility index (Phi) is 6.70. The van der Waals surface area contributed by atoms with Gasteiger partial charge in [-0.05, 0) is 42.5 Å². The average Bonchev–Trinajstić information content (AvgIpc) is 3.50. The zero-order valence-corrected chi connectivity index (χ0v) is 24.1. The Hall–Kier alpha value is -6.27. The summed E-state index contributed by atoms with van der Waals surface area (Å²) in [5.74, 6) is 4.48. The lowest BCUT2D eigenvalue weighted by atomic mass is 10.1. The van der Waals surface area contributed by atoms with Crippen LogP contribution < -0.4 is 9.47 Å². The summed E-state index contributed by atoms with van der Waals surface area (Å²) in [5, 5.41) is 2.61. The number of nitrogens with zero attached hydrogens (tertiary/aromatic N) is 3. The van der Waals surface area contributed by atoms with Crippen molar-refractivity contribution in [2.24, 2.45) is 0 Å². The number of rotatable bonds is 3. The molecule has 1 N–H and O–H groups in total. The molecule has 8 aromatic rings. The molecule has 0 fully saturated rings. The second-order valence-electron chi connectivity index (χ2n) is 10.6. The van der Waals surface area contributed by atoms with Gasteiger partial charge in [0, 0.05) is 38.5 Å². The van der Waals surface area contributed by atoms with Crippen LogP contribution in [0.15, 0.2) is 152 Å². The van der Waals surface area contributed by atoms with Crippen molar-refractivity contribution >= 4 is 21.8 Å². The Morgan fingerprint density at radius 2 is 0.778 bits per heavy atom. The van der Waals surface area contributed by atoms with Crippen LogP contribution in [-0.4, -0.2) is 19.9 Å². The summed E-state index contributed by atoms with van der Waals surface area (Å²) >= 11 is 0. The summed E-state index contributed by atoms with van der Waals surface area (Å²) in [4.78, 5) is 17.7. The Morgan fingerprint density at radius 3 is 1.33 bits per heavy atom. The molecule has 1 aliphatic heterocycles. The molecule has 0 saturated heterocycles. The minimum absolute atomic E-state index is 0.572. The van der Waals surface area contributed by atoms with Gasteiger partial charge in [-0.2, -0.15) is 0 Å². The topological polar surface area (TPSA) is 72.9 Å². The fraction of sp³-hybridized carbons (Fsp3) is 0. The third-order valence-corrected chi connectivity index (χ3v) is 7.60. The first-order valence-electron chi connectivity index (χ1n) is 14.7. The molecule has 6 heteroatoms. The van der Waals surface area contributed by atoms with Gasteiger partial charge in [-0.3, -0.25) is 0 Å². The lowest BCUT2D eigenvalue weighted by Gasteiger charge is -2.20. The lowest BCUT2D eigenvalue weighted by molar-refractivity contribution is 0.360. The molecule has 0 bridgehead atoms. The van der Waals surface area contributed by atoms with Gasteiger partial charge in [0.15, 0.2) is 40.5 Å². The van der Waals surface area contributed by atoms with E-state index in [-0.39, 0.29) is 0 Å². The van der Waals surface area contributed by atoms with Crippen LogP contribution in [0.3, 0.4) is 0 Å². The van der Waals surface area contributed by atoms with Gasteiger partial charge in [0.25, 0.3) is 0 Å². The maximum absolute atomic E-state index is 6.07. The summed E-state index contributed by atoms with van der Waals surface area (Å²) in [6, 6.07) is 49.9. The molecule has 214 valence electrons. The van der Waals surface area contributed by atoms with E-state index >= 15 is 0 Å². The summed E-state index contributed by atoms with van der Waals surface area (Å²) < 4.78 is 12.0. The van der Waals surface area contributed by atoms with Crippen LogP contribution in [0.2, 0.25) is 0 Å². The Balaban J connectivity index is 0.000000192. The number of aromatic nitrogens is 4. The first-order valence-corrected chi connectivity index (χ1v) is 14.7. The van der Waals surface area contributed by atoms with Crippen LogP contribution in [0.1, 0.15) is 0 Å². The van der Waals surface area contributed by atoms with E-state index in [0.29, 0.717) is 40.5 Å². The first-order chi connectivity index (χ1) is 22.3. The van der Waals surface area contributed by atoms with E-state index in [1.807, 2.05) is 103 Å². The van der Waals surface area contributed by atoms with Crippen molar-refractivity contribution in [2.75, 3.05) is 0 Å². The molecule has 45 heavy (non-hydrogen) atoms. The molecule has 0 aliphatic carbocycles. The number of benzene rings is 6. The lowest BCUT2D eigenvalue weighted by Crippen LogP contribution is -2.02. The van der Waals surface area contributed by atoms with E-state index in [4.69, 9.17) is 24.4 Å². The summed E-state index contributed by atoms with van der Waals surface area (Å²) in [6.45, 7) is 0. The molecule has 0 spiro atoms. The maximum Gasteiger partial charge on any atom is 0.170 e. The third kappa shape index (κ3) is 5.26. The quantitative estimate of drug-likeness (QED) is 0.224. The van der Waals surface area contributed by atoms with Crippen LogP contribution in [0.4, 0.5) is 0 Å². The van der Waals surface area contributed by atoms with Gasteiger partial charge in [-0.25, -0.2) is 15.0 Å². The standard InChI is InChI=1S/C27H17N3O2.C12H9N/c1-3-9-18(10-4-1)25-28-26(19-11-5-2-6-12-19)30-27(29-25)20-15-16-23-24(17-20)32-22-14-8-7-13-21(22)31-23;1-3-7-11-9(5-1)10-6-2-4-8-12(10)13-11/h1-17H;1-8,13H. The predicted molar refractivity (Wildman–Crippen MR) is 179 cm³/mol. The summed E-state index contributed by atoms with van der Waals surface area (Å²) in [7, 11) is 0. The molecule has 0 amide bonds. The molecule has 2 aromatic heterocycles. The molecule has 0 atom stereocenters. The van der Waals surface area contributed by atoms with Gasteiger partial charge < -0.3 is 14.5 Å². The van der Waals surface area contributed by atoms with Crippen LogP contribution in [-0.2, 0) is 0 Å². The number of H-pyrrole nitrogens is 1. The monoisotopic (exact) mass is 582 g/mol. The number of para-hydroxylation sites is 4. The van der Waals surface area contributed by atoms with Gasteiger partial charge in [-0.15, -0.1) is 0 Å². The SMILES string of the molecule is c1ccc(-c2nc(-c3ccccc3)nc(-c3ccc4c(c3)Oc3ccccc3O4)n2)cc1.c1ccc2c(c1)[nH]c1ccccc12. The van der Waals surface area contributed by atoms with Crippen LogP contribution in [0, 0.1) is 0 Å². The minimum atomic E-state index is 0.572. The second-order valence-corrected chi connectivity index (χ2v) is 10.6.